The quantitative estimate of drug-likeness (QED) is 0.720. The molecule has 0 spiro atoms. The minimum absolute atomic E-state index is 0.119. The average molecular weight is 292 g/mol. The molecule has 1 aliphatic heterocycles. The van der Waals surface area contributed by atoms with Gasteiger partial charge in [-0.05, 0) is 37.8 Å². The van der Waals surface area contributed by atoms with E-state index in [-0.39, 0.29) is 6.42 Å². The number of rotatable bonds is 8. The lowest BCUT2D eigenvalue weighted by molar-refractivity contribution is -0.136. The Bertz CT molecular complexity index is 459. The second-order valence-electron chi connectivity index (χ2n) is 5.47. The lowest BCUT2D eigenvalue weighted by Gasteiger charge is -2.26. The number of carboxylic acids is 1. The van der Waals surface area contributed by atoms with Gasteiger partial charge in [-0.2, -0.15) is 0 Å². The van der Waals surface area contributed by atoms with Crippen LogP contribution >= 0.6 is 0 Å². The first-order valence-electron chi connectivity index (χ1n) is 7.59. The van der Waals surface area contributed by atoms with Crippen LogP contribution in [0.4, 0.5) is 11.4 Å². The van der Waals surface area contributed by atoms with E-state index in [1.54, 1.807) is 0 Å². The summed E-state index contributed by atoms with van der Waals surface area (Å²) in [5, 5.41) is 8.90. The van der Waals surface area contributed by atoms with Crippen molar-refractivity contribution in [1.82, 2.24) is 0 Å². The van der Waals surface area contributed by atoms with Gasteiger partial charge in [0.1, 0.15) is 0 Å². The van der Waals surface area contributed by atoms with Gasteiger partial charge in [0.15, 0.2) is 0 Å². The van der Waals surface area contributed by atoms with Gasteiger partial charge in [0.05, 0.1) is 23.9 Å². The van der Waals surface area contributed by atoms with E-state index in [2.05, 4.69) is 4.90 Å². The SMILES string of the molecule is Nc1ccccc1N(CCCC1CCCO1)CCC(=O)O. The van der Waals surface area contributed by atoms with E-state index in [0.717, 1.165) is 44.5 Å². The van der Waals surface area contributed by atoms with Gasteiger partial charge in [-0.15, -0.1) is 0 Å². The maximum absolute atomic E-state index is 10.8. The third-order valence-corrected chi connectivity index (χ3v) is 3.85. The third kappa shape index (κ3) is 4.93. The van der Waals surface area contributed by atoms with Gasteiger partial charge in [-0.1, -0.05) is 12.1 Å². The highest BCUT2D eigenvalue weighted by Crippen LogP contribution is 2.24. The Morgan fingerprint density at radius 3 is 2.86 bits per heavy atom. The molecular weight excluding hydrogens is 268 g/mol. The number of carbonyl (C=O) groups is 1. The Kier molecular flexibility index (Phi) is 5.87. The largest absolute Gasteiger partial charge is 0.481 e. The van der Waals surface area contributed by atoms with Gasteiger partial charge >= 0.3 is 5.97 Å². The zero-order chi connectivity index (χ0) is 15.1. The summed E-state index contributed by atoms with van der Waals surface area (Å²) in [6.45, 7) is 2.16. The van der Waals surface area contributed by atoms with E-state index in [9.17, 15) is 4.79 Å². The second-order valence-corrected chi connectivity index (χ2v) is 5.47. The molecular formula is C16H24N2O3. The molecule has 0 bridgehead atoms. The number of hydrogen-bond acceptors (Lipinski definition) is 4. The fourth-order valence-corrected chi connectivity index (χ4v) is 2.74. The van der Waals surface area contributed by atoms with E-state index < -0.39 is 5.97 Å². The fraction of sp³-hybridized carbons (Fsp3) is 0.562. The minimum atomic E-state index is -0.784. The monoisotopic (exact) mass is 292 g/mol. The average Bonchev–Trinajstić information content (AvgIpc) is 2.96. The van der Waals surface area contributed by atoms with Crippen molar-refractivity contribution in [2.75, 3.05) is 30.3 Å². The third-order valence-electron chi connectivity index (χ3n) is 3.85. The van der Waals surface area contributed by atoms with Crippen molar-refractivity contribution >= 4 is 17.3 Å². The van der Waals surface area contributed by atoms with E-state index >= 15 is 0 Å². The summed E-state index contributed by atoms with van der Waals surface area (Å²) < 4.78 is 5.63. The van der Waals surface area contributed by atoms with E-state index in [1.807, 2.05) is 24.3 Å². The van der Waals surface area contributed by atoms with Crippen LogP contribution in [0.5, 0.6) is 0 Å². The molecule has 21 heavy (non-hydrogen) atoms. The van der Waals surface area contributed by atoms with Crippen LogP contribution in [-0.4, -0.2) is 36.9 Å². The molecule has 2 rings (SSSR count). The number of para-hydroxylation sites is 2. The molecule has 1 unspecified atom stereocenters. The molecule has 1 aromatic carbocycles. The summed E-state index contributed by atoms with van der Waals surface area (Å²) in [5.74, 6) is -0.784. The standard InChI is InChI=1S/C16H24N2O3/c17-14-7-1-2-8-15(14)18(11-9-16(19)20)10-3-5-13-6-4-12-21-13/h1-2,7-8,13H,3-6,9-12,17H2,(H,19,20). The first-order valence-corrected chi connectivity index (χ1v) is 7.59. The molecule has 5 heteroatoms. The van der Waals surface area contributed by atoms with Gasteiger partial charge in [-0.25, -0.2) is 0 Å². The van der Waals surface area contributed by atoms with Gasteiger partial charge in [0, 0.05) is 19.7 Å². The predicted molar refractivity (Wildman–Crippen MR) is 83.5 cm³/mol. The molecule has 5 nitrogen and oxygen atoms in total. The molecule has 1 aromatic rings. The minimum Gasteiger partial charge on any atom is -0.481 e. The van der Waals surface area contributed by atoms with Crippen LogP contribution in [-0.2, 0) is 9.53 Å². The number of aliphatic carboxylic acids is 1. The highest BCUT2D eigenvalue weighted by atomic mass is 16.5. The van der Waals surface area contributed by atoms with Gasteiger partial charge in [-0.3, -0.25) is 4.79 Å². The molecule has 1 aliphatic rings. The van der Waals surface area contributed by atoms with E-state index in [1.165, 1.54) is 0 Å². The molecule has 0 saturated carbocycles. The Hall–Kier alpha value is -1.75. The smallest absolute Gasteiger partial charge is 0.305 e. The van der Waals surface area contributed by atoms with Crippen molar-refractivity contribution in [3.8, 4) is 0 Å². The second kappa shape index (κ2) is 7.88. The molecule has 0 aliphatic carbocycles. The fourth-order valence-electron chi connectivity index (χ4n) is 2.74. The van der Waals surface area contributed by atoms with Crippen LogP contribution in [0.1, 0.15) is 32.1 Å². The molecule has 1 atom stereocenters. The zero-order valence-electron chi connectivity index (χ0n) is 12.3. The lowest BCUT2D eigenvalue weighted by Crippen LogP contribution is -2.28. The van der Waals surface area contributed by atoms with Crippen molar-refractivity contribution < 1.29 is 14.6 Å². The van der Waals surface area contributed by atoms with Crippen molar-refractivity contribution in [3.05, 3.63) is 24.3 Å². The van der Waals surface area contributed by atoms with Gasteiger partial charge in [0.25, 0.3) is 0 Å². The molecule has 1 saturated heterocycles. The van der Waals surface area contributed by atoms with Crippen LogP contribution in [0, 0.1) is 0 Å². The molecule has 0 radical (unpaired) electrons. The lowest BCUT2D eigenvalue weighted by atomic mass is 10.1. The summed E-state index contributed by atoms with van der Waals surface area (Å²) >= 11 is 0. The molecule has 0 amide bonds. The van der Waals surface area contributed by atoms with Crippen LogP contribution in [0.2, 0.25) is 0 Å². The summed E-state index contributed by atoms with van der Waals surface area (Å²) in [6, 6.07) is 7.62. The van der Waals surface area contributed by atoms with Crippen LogP contribution in [0.3, 0.4) is 0 Å². The van der Waals surface area contributed by atoms with E-state index in [4.69, 9.17) is 15.6 Å². The Labute approximate surface area is 125 Å². The first kappa shape index (κ1) is 15.6. The van der Waals surface area contributed by atoms with Crippen LogP contribution in [0.25, 0.3) is 0 Å². The summed E-state index contributed by atoms with van der Waals surface area (Å²) in [4.78, 5) is 12.9. The van der Waals surface area contributed by atoms with Gasteiger partial charge in [0.2, 0.25) is 0 Å². The maximum atomic E-state index is 10.8. The molecule has 1 fully saturated rings. The number of nitrogens with two attached hydrogens (primary N) is 1. The number of carboxylic acid groups (broad SMARTS) is 1. The van der Waals surface area contributed by atoms with Crippen molar-refractivity contribution in [2.45, 2.75) is 38.2 Å². The number of hydrogen-bond donors (Lipinski definition) is 2. The number of ether oxygens (including phenoxy) is 1. The highest BCUT2D eigenvalue weighted by Gasteiger charge is 2.16. The zero-order valence-corrected chi connectivity index (χ0v) is 12.3. The summed E-state index contributed by atoms with van der Waals surface area (Å²) in [6.07, 6.45) is 4.80. The Morgan fingerprint density at radius 1 is 1.38 bits per heavy atom. The number of nitrogens with zero attached hydrogens (tertiary/aromatic N) is 1. The highest BCUT2D eigenvalue weighted by molar-refractivity contribution is 5.70. The van der Waals surface area contributed by atoms with Crippen LogP contribution in [0.15, 0.2) is 24.3 Å². The Balaban J connectivity index is 1.91. The van der Waals surface area contributed by atoms with Crippen molar-refractivity contribution in [1.29, 1.82) is 0 Å². The molecule has 0 aromatic heterocycles. The number of benzene rings is 1. The molecule has 116 valence electrons. The van der Waals surface area contributed by atoms with Crippen LogP contribution < -0.4 is 10.6 Å². The molecule has 1 heterocycles. The maximum Gasteiger partial charge on any atom is 0.305 e. The number of nitrogen functional groups attached to an aromatic ring is 1. The topological polar surface area (TPSA) is 75.8 Å². The van der Waals surface area contributed by atoms with Crippen molar-refractivity contribution in [2.24, 2.45) is 0 Å². The van der Waals surface area contributed by atoms with Gasteiger partial charge < -0.3 is 20.5 Å². The Morgan fingerprint density at radius 2 is 2.19 bits per heavy atom. The summed E-state index contributed by atoms with van der Waals surface area (Å²) in [5.41, 5.74) is 7.62. The summed E-state index contributed by atoms with van der Waals surface area (Å²) in [7, 11) is 0. The molecule has 3 N–H and O–H groups in total. The van der Waals surface area contributed by atoms with E-state index in [0.29, 0.717) is 18.3 Å². The first-order chi connectivity index (χ1) is 10.2. The predicted octanol–water partition coefficient (Wildman–Crippen LogP) is 2.51. The normalized spacial score (nSPS) is 17.8. The van der Waals surface area contributed by atoms with Crippen molar-refractivity contribution in [3.63, 3.8) is 0 Å². The number of anilines is 2.